The quantitative estimate of drug-likeness (QED) is 0.338. The van der Waals surface area contributed by atoms with Crippen LogP contribution in [0, 0.1) is 24.7 Å². The molecule has 0 spiro atoms. The molecule has 5 rings (SSSR count). The lowest BCUT2D eigenvalue weighted by molar-refractivity contribution is -0.117. The number of hydrogen-bond acceptors (Lipinski definition) is 5. The molecule has 1 aromatic carbocycles. The molecule has 35 heavy (non-hydrogen) atoms. The number of nitrogens with one attached hydrogen (secondary N) is 1. The Morgan fingerprint density at radius 2 is 1.89 bits per heavy atom. The van der Waals surface area contributed by atoms with Crippen LogP contribution in [0.4, 0.5) is 5.82 Å². The number of carbonyl (C=O) groups excluding carboxylic acids is 2. The summed E-state index contributed by atoms with van der Waals surface area (Å²) in [6, 6.07) is 12.7. The smallest absolute Gasteiger partial charge is 0.256 e. The van der Waals surface area contributed by atoms with Gasteiger partial charge in [-0.05, 0) is 56.9 Å². The van der Waals surface area contributed by atoms with E-state index in [0.717, 1.165) is 47.6 Å². The number of ketones is 1. The van der Waals surface area contributed by atoms with Crippen LogP contribution in [0.5, 0.6) is 0 Å². The second-order valence-corrected chi connectivity index (χ2v) is 8.68. The highest BCUT2D eigenvalue weighted by molar-refractivity contribution is 6.04. The third-order valence-electron chi connectivity index (χ3n) is 6.52. The largest absolute Gasteiger partial charge is 0.307 e. The van der Waals surface area contributed by atoms with E-state index in [1.54, 1.807) is 43.6 Å². The first-order chi connectivity index (χ1) is 17.1. The highest BCUT2D eigenvalue weighted by atomic mass is 16.1. The van der Waals surface area contributed by atoms with Crippen molar-refractivity contribution < 1.29 is 9.59 Å². The van der Waals surface area contributed by atoms with Crippen LogP contribution in [-0.4, -0.2) is 31.0 Å². The number of Topliss-reactive ketones (excluding diaryl/α,β-unsaturated/α-hetero) is 1. The molecular weight excluding hydrogens is 438 g/mol. The molecule has 1 unspecified atom stereocenters. The number of fused-ring (bicyclic) bond motifs is 1. The fourth-order valence-electron chi connectivity index (χ4n) is 4.89. The van der Waals surface area contributed by atoms with Gasteiger partial charge in [-0.2, -0.15) is 0 Å². The van der Waals surface area contributed by atoms with Crippen molar-refractivity contribution in [1.29, 1.82) is 0 Å². The summed E-state index contributed by atoms with van der Waals surface area (Å²) in [6.07, 6.45) is 8.00. The van der Waals surface area contributed by atoms with Crippen LogP contribution >= 0.6 is 0 Å². The van der Waals surface area contributed by atoms with E-state index in [1.165, 1.54) is 0 Å². The molecule has 7 heteroatoms. The van der Waals surface area contributed by atoms with E-state index in [-0.39, 0.29) is 23.5 Å². The third-order valence-corrected chi connectivity index (χ3v) is 6.52. The number of carbonyl (C=O) groups is 2. The Balaban J connectivity index is 1.51. The molecule has 1 amide bonds. The molecule has 0 bridgehead atoms. The maximum atomic E-state index is 12.7. The van der Waals surface area contributed by atoms with E-state index in [4.69, 9.17) is 4.98 Å². The molecule has 0 radical (unpaired) electrons. The van der Waals surface area contributed by atoms with Gasteiger partial charge in [0.1, 0.15) is 11.6 Å². The lowest BCUT2D eigenvalue weighted by atomic mass is 9.91. The van der Waals surface area contributed by atoms with Crippen LogP contribution in [0.1, 0.15) is 54.0 Å². The minimum Gasteiger partial charge on any atom is -0.307 e. The van der Waals surface area contributed by atoms with Crippen molar-refractivity contribution in [2.24, 2.45) is 5.92 Å². The van der Waals surface area contributed by atoms with Gasteiger partial charge in [0.05, 0.1) is 16.9 Å². The SMILES string of the molecule is CC#CC(=O)C1CCC[C@H]1c1nc(-c2ccc(C(=O)Nc3ccccn3)cc2)c2c(C)nccn12. The average molecular weight is 464 g/mol. The first-order valence-electron chi connectivity index (χ1n) is 11.7. The summed E-state index contributed by atoms with van der Waals surface area (Å²) in [4.78, 5) is 39.0. The van der Waals surface area contributed by atoms with Gasteiger partial charge in [0.25, 0.3) is 5.91 Å². The molecular formula is C28H25N5O2. The van der Waals surface area contributed by atoms with Crippen molar-refractivity contribution in [3.8, 4) is 23.1 Å². The van der Waals surface area contributed by atoms with Crippen LogP contribution in [0.2, 0.25) is 0 Å². The lowest BCUT2D eigenvalue weighted by Crippen LogP contribution is -2.18. The van der Waals surface area contributed by atoms with Gasteiger partial charge in [-0.1, -0.05) is 30.5 Å². The number of benzene rings is 1. The Labute approximate surface area is 203 Å². The van der Waals surface area contributed by atoms with E-state index >= 15 is 0 Å². The monoisotopic (exact) mass is 463 g/mol. The normalized spacial score (nSPS) is 17.1. The Bertz CT molecular complexity index is 1460. The molecule has 1 aliphatic rings. The van der Waals surface area contributed by atoms with Gasteiger partial charge in [0.2, 0.25) is 5.78 Å². The Kier molecular flexibility index (Phi) is 6.11. The zero-order valence-corrected chi connectivity index (χ0v) is 19.7. The summed E-state index contributed by atoms with van der Waals surface area (Å²) in [5.41, 5.74) is 3.97. The first-order valence-corrected chi connectivity index (χ1v) is 11.7. The van der Waals surface area contributed by atoms with Crippen LogP contribution in [0.25, 0.3) is 16.8 Å². The minimum atomic E-state index is -0.229. The van der Waals surface area contributed by atoms with Crippen molar-refractivity contribution in [2.45, 2.75) is 39.0 Å². The molecule has 0 saturated heterocycles. The second kappa shape index (κ2) is 9.51. The van der Waals surface area contributed by atoms with Crippen molar-refractivity contribution >= 4 is 23.0 Å². The Morgan fingerprint density at radius 3 is 2.63 bits per heavy atom. The zero-order chi connectivity index (χ0) is 24.4. The number of aromatic nitrogens is 4. The van der Waals surface area contributed by atoms with Crippen LogP contribution in [-0.2, 0) is 4.79 Å². The highest BCUT2D eigenvalue weighted by Gasteiger charge is 2.36. The maximum absolute atomic E-state index is 12.7. The van der Waals surface area contributed by atoms with E-state index in [9.17, 15) is 9.59 Å². The van der Waals surface area contributed by atoms with Crippen LogP contribution in [0.15, 0.2) is 61.1 Å². The number of pyridine rings is 1. The number of amides is 1. The molecule has 3 heterocycles. The maximum Gasteiger partial charge on any atom is 0.256 e. The summed E-state index contributed by atoms with van der Waals surface area (Å²) in [5.74, 6) is 6.48. The fraction of sp³-hybridized carbons (Fsp3) is 0.250. The van der Waals surface area contributed by atoms with Gasteiger partial charge in [-0.15, -0.1) is 0 Å². The second-order valence-electron chi connectivity index (χ2n) is 8.68. The van der Waals surface area contributed by atoms with E-state index in [1.807, 2.05) is 31.3 Å². The van der Waals surface area contributed by atoms with Gasteiger partial charge in [-0.25, -0.2) is 9.97 Å². The molecule has 1 N–H and O–H groups in total. The van der Waals surface area contributed by atoms with Gasteiger partial charge >= 0.3 is 0 Å². The van der Waals surface area contributed by atoms with Crippen LogP contribution in [0.3, 0.4) is 0 Å². The Hall–Kier alpha value is -4.31. The number of aryl methyl sites for hydroxylation is 1. The highest BCUT2D eigenvalue weighted by Crippen LogP contribution is 2.41. The number of nitrogens with zero attached hydrogens (tertiary/aromatic N) is 4. The summed E-state index contributed by atoms with van der Waals surface area (Å²) in [5, 5.41) is 2.80. The van der Waals surface area contributed by atoms with Crippen molar-refractivity contribution in [1.82, 2.24) is 19.4 Å². The van der Waals surface area contributed by atoms with E-state index in [2.05, 4.69) is 31.5 Å². The molecule has 1 fully saturated rings. The van der Waals surface area contributed by atoms with Crippen molar-refractivity contribution in [3.63, 3.8) is 0 Å². The number of hydrogen-bond donors (Lipinski definition) is 1. The van der Waals surface area contributed by atoms with E-state index in [0.29, 0.717) is 11.4 Å². The van der Waals surface area contributed by atoms with Gasteiger partial charge in [0.15, 0.2) is 0 Å². The lowest BCUT2D eigenvalue weighted by Gasteiger charge is -2.15. The number of anilines is 1. The van der Waals surface area contributed by atoms with Crippen molar-refractivity contribution in [3.05, 3.63) is 78.1 Å². The molecule has 0 aliphatic heterocycles. The van der Waals surface area contributed by atoms with E-state index < -0.39 is 0 Å². The molecule has 7 nitrogen and oxygen atoms in total. The topological polar surface area (TPSA) is 89.2 Å². The predicted octanol–water partition coefficient (Wildman–Crippen LogP) is 4.83. The average Bonchev–Trinajstić information content (AvgIpc) is 3.51. The molecule has 2 atom stereocenters. The summed E-state index contributed by atoms with van der Waals surface area (Å²) in [7, 11) is 0. The van der Waals surface area contributed by atoms with Crippen LogP contribution < -0.4 is 5.32 Å². The van der Waals surface area contributed by atoms with Gasteiger partial charge < -0.3 is 5.32 Å². The summed E-state index contributed by atoms with van der Waals surface area (Å²) >= 11 is 0. The molecule has 174 valence electrons. The third kappa shape index (κ3) is 4.31. The van der Waals surface area contributed by atoms with Gasteiger partial charge in [0, 0.05) is 41.6 Å². The minimum absolute atomic E-state index is 0.00910. The first kappa shape index (κ1) is 22.5. The van der Waals surface area contributed by atoms with Crippen molar-refractivity contribution in [2.75, 3.05) is 5.32 Å². The van der Waals surface area contributed by atoms with Gasteiger partial charge in [-0.3, -0.25) is 19.0 Å². The molecule has 1 saturated carbocycles. The summed E-state index contributed by atoms with van der Waals surface area (Å²) in [6.45, 7) is 3.65. The predicted molar refractivity (Wildman–Crippen MR) is 134 cm³/mol. The molecule has 1 aliphatic carbocycles. The fourth-order valence-corrected chi connectivity index (χ4v) is 4.89. The Morgan fingerprint density at radius 1 is 1.06 bits per heavy atom. The molecule has 3 aromatic heterocycles. The zero-order valence-electron chi connectivity index (χ0n) is 19.7. The molecule has 4 aromatic rings. The standard InChI is InChI=1S/C28H25N5O2/c1-3-7-23(34)21-8-6-9-22(21)27-32-25(26-18(2)29-16-17-33(26)27)19-11-13-20(14-12-19)28(35)31-24-10-4-5-15-30-24/h4-5,10-17,21-22H,6,8-9H2,1-2H3,(H,30,31,35)/t21?,22-/m1/s1. The summed E-state index contributed by atoms with van der Waals surface area (Å²) < 4.78 is 2.06. The number of imidazole rings is 1. The number of rotatable bonds is 5.